The number of halogens is 1. The summed E-state index contributed by atoms with van der Waals surface area (Å²) in [7, 11) is 0. The molecular weight excluding hydrogens is 368 g/mol. The minimum atomic E-state index is -0.198. The van der Waals surface area contributed by atoms with Gasteiger partial charge in [-0.2, -0.15) is 5.10 Å². The smallest absolute Gasteiger partial charge is 0.259 e. The largest absolute Gasteiger partial charge is 0.322 e. The Labute approximate surface area is 159 Å². The van der Waals surface area contributed by atoms with Crippen molar-refractivity contribution in [2.45, 2.75) is 13.8 Å². The number of rotatable bonds is 3. The zero-order chi connectivity index (χ0) is 18.3. The molecule has 26 heavy (non-hydrogen) atoms. The van der Waals surface area contributed by atoms with Gasteiger partial charge in [-0.15, -0.1) is 11.3 Å². The number of carbonyl (C=O) groups excluding carboxylic acids is 1. The maximum atomic E-state index is 12.7. The van der Waals surface area contributed by atoms with E-state index >= 15 is 0 Å². The van der Waals surface area contributed by atoms with Crippen molar-refractivity contribution in [2.24, 2.45) is 0 Å². The van der Waals surface area contributed by atoms with Gasteiger partial charge in [-0.05, 0) is 50.2 Å². The van der Waals surface area contributed by atoms with Crippen LogP contribution in [-0.4, -0.2) is 20.7 Å². The standard InChI is InChI=1S/C19H15ClN4OS/c1-11-16(10-21-24(11)15-5-3-4-13(20)8-15)19(25)23-14-6-7-17-18(9-14)26-12(2)22-17/h3-10H,1-2H3,(H,23,25). The zero-order valence-electron chi connectivity index (χ0n) is 14.2. The Morgan fingerprint density at radius 3 is 2.85 bits per heavy atom. The summed E-state index contributed by atoms with van der Waals surface area (Å²) in [6, 6.07) is 13.1. The van der Waals surface area contributed by atoms with Crippen molar-refractivity contribution in [2.75, 3.05) is 5.32 Å². The first-order valence-electron chi connectivity index (χ1n) is 8.00. The number of hydrogen-bond acceptors (Lipinski definition) is 4. The first kappa shape index (κ1) is 16.8. The molecule has 0 unspecified atom stereocenters. The second-order valence-electron chi connectivity index (χ2n) is 5.90. The number of nitrogens with one attached hydrogen (secondary N) is 1. The Morgan fingerprint density at radius 2 is 2.04 bits per heavy atom. The normalized spacial score (nSPS) is 11.0. The molecule has 0 atom stereocenters. The molecule has 1 amide bonds. The van der Waals surface area contributed by atoms with E-state index in [4.69, 9.17) is 11.6 Å². The summed E-state index contributed by atoms with van der Waals surface area (Å²) in [4.78, 5) is 17.1. The van der Waals surface area contributed by atoms with Crippen molar-refractivity contribution < 1.29 is 4.79 Å². The van der Waals surface area contributed by atoms with Crippen LogP contribution in [0.25, 0.3) is 15.9 Å². The Hall–Kier alpha value is -2.70. The van der Waals surface area contributed by atoms with Crippen LogP contribution in [0.1, 0.15) is 21.1 Å². The van der Waals surface area contributed by atoms with E-state index in [0.717, 1.165) is 32.3 Å². The fourth-order valence-corrected chi connectivity index (χ4v) is 3.87. The molecule has 5 nitrogen and oxygen atoms in total. The highest BCUT2D eigenvalue weighted by molar-refractivity contribution is 7.18. The maximum Gasteiger partial charge on any atom is 0.259 e. The minimum Gasteiger partial charge on any atom is -0.322 e. The number of amides is 1. The number of anilines is 1. The van der Waals surface area contributed by atoms with E-state index in [0.29, 0.717) is 10.6 Å². The summed E-state index contributed by atoms with van der Waals surface area (Å²) in [5, 5.41) is 8.89. The molecule has 0 saturated heterocycles. The molecule has 2 aromatic carbocycles. The number of fused-ring (bicyclic) bond motifs is 1. The van der Waals surface area contributed by atoms with Gasteiger partial charge in [0.2, 0.25) is 0 Å². The molecule has 2 heterocycles. The lowest BCUT2D eigenvalue weighted by Gasteiger charge is -2.07. The van der Waals surface area contributed by atoms with E-state index in [9.17, 15) is 4.79 Å². The van der Waals surface area contributed by atoms with Crippen LogP contribution in [0.3, 0.4) is 0 Å². The van der Waals surface area contributed by atoms with Gasteiger partial charge in [0.05, 0.1) is 38.4 Å². The van der Waals surface area contributed by atoms with Crippen LogP contribution >= 0.6 is 22.9 Å². The first-order chi connectivity index (χ1) is 12.5. The summed E-state index contributed by atoms with van der Waals surface area (Å²) in [6.45, 7) is 3.83. The van der Waals surface area contributed by atoms with Gasteiger partial charge in [-0.25, -0.2) is 9.67 Å². The highest BCUT2D eigenvalue weighted by Crippen LogP contribution is 2.25. The van der Waals surface area contributed by atoms with Crippen molar-refractivity contribution >= 4 is 44.7 Å². The van der Waals surface area contributed by atoms with Crippen LogP contribution in [0.4, 0.5) is 5.69 Å². The topological polar surface area (TPSA) is 59.8 Å². The molecule has 4 rings (SSSR count). The SMILES string of the molecule is Cc1nc2ccc(NC(=O)c3cnn(-c4cccc(Cl)c4)c3C)cc2s1. The van der Waals surface area contributed by atoms with Crippen LogP contribution in [-0.2, 0) is 0 Å². The number of carbonyl (C=O) groups is 1. The molecular formula is C19H15ClN4OS. The van der Waals surface area contributed by atoms with Crippen LogP contribution < -0.4 is 5.32 Å². The molecule has 130 valence electrons. The lowest BCUT2D eigenvalue weighted by Crippen LogP contribution is -2.13. The second kappa shape index (κ2) is 6.55. The van der Waals surface area contributed by atoms with Crippen molar-refractivity contribution in [3.8, 4) is 5.69 Å². The lowest BCUT2D eigenvalue weighted by molar-refractivity contribution is 0.102. The minimum absolute atomic E-state index is 0.198. The summed E-state index contributed by atoms with van der Waals surface area (Å²) in [6.07, 6.45) is 1.57. The fraction of sp³-hybridized carbons (Fsp3) is 0.105. The van der Waals surface area contributed by atoms with Crippen molar-refractivity contribution in [3.63, 3.8) is 0 Å². The lowest BCUT2D eigenvalue weighted by atomic mass is 10.2. The number of nitrogens with zero attached hydrogens (tertiary/aromatic N) is 3. The predicted octanol–water partition coefficient (Wildman–Crippen LogP) is 5.00. The van der Waals surface area contributed by atoms with E-state index in [-0.39, 0.29) is 5.91 Å². The van der Waals surface area contributed by atoms with Gasteiger partial charge in [0, 0.05) is 10.7 Å². The Bertz CT molecular complexity index is 1130. The van der Waals surface area contributed by atoms with Gasteiger partial charge in [0.25, 0.3) is 5.91 Å². The number of aryl methyl sites for hydroxylation is 1. The van der Waals surface area contributed by atoms with Gasteiger partial charge < -0.3 is 5.32 Å². The van der Waals surface area contributed by atoms with Crippen LogP contribution in [0, 0.1) is 13.8 Å². The Balaban J connectivity index is 1.61. The van der Waals surface area contributed by atoms with Crippen molar-refractivity contribution in [3.05, 3.63) is 69.9 Å². The third-order valence-electron chi connectivity index (χ3n) is 4.06. The predicted molar refractivity (Wildman–Crippen MR) is 106 cm³/mol. The summed E-state index contributed by atoms with van der Waals surface area (Å²) in [5.41, 5.74) is 3.76. The molecule has 0 aliphatic rings. The average molecular weight is 383 g/mol. The van der Waals surface area contributed by atoms with Crippen LogP contribution in [0.2, 0.25) is 5.02 Å². The number of hydrogen-bond donors (Lipinski definition) is 1. The van der Waals surface area contributed by atoms with E-state index in [1.54, 1.807) is 28.3 Å². The Morgan fingerprint density at radius 1 is 1.19 bits per heavy atom. The monoisotopic (exact) mass is 382 g/mol. The molecule has 0 aliphatic heterocycles. The quantitative estimate of drug-likeness (QED) is 0.542. The maximum absolute atomic E-state index is 12.7. The molecule has 0 spiro atoms. The van der Waals surface area contributed by atoms with Gasteiger partial charge in [-0.3, -0.25) is 4.79 Å². The highest BCUT2D eigenvalue weighted by atomic mass is 35.5. The van der Waals surface area contributed by atoms with Crippen molar-refractivity contribution in [1.29, 1.82) is 0 Å². The molecule has 4 aromatic rings. The molecule has 0 saturated carbocycles. The molecule has 0 aliphatic carbocycles. The summed E-state index contributed by atoms with van der Waals surface area (Å²) < 4.78 is 2.75. The van der Waals surface area contributed by atoms with Gasteiger partial charge >= 0.3 is 0 Å². The van der Waals surface area contributed by atoms with E-state index in [1.165, 1.54) is 0 Å². The first-order valence-corrected chi connectivity index (χ1v) is 9.20. The van der Waals surface area contributed by atoms with Crippen molar-refractivity contribution in [1.82, 2.24) is 14.8 Å². The third-order valence-corrected chi connectivity index (χ3v) is 5.23. The number of benzene rings is 2. The zero-order valence-corrected chi connectivity index (χ0v) is 15.7. The molecule has 0 bridgehead atoms. The molecule has 0 fully saturated rings. The number of aromatic nitrogens is 3. The van der Waals surface area contributed by atoms with E-state index in [1.807, 2.05) is 50.2 Å². The molecule has 7 heteroatoms. The molecule has 1 N–H and O–H groups in total. The highest BCUT2D eigenvalue weighted by Gasteiger charge is 2.16. The second-order valence-corrected chi connectivity index (χ2v) is 7.58. The third kappa shape index (κ3) is 3.09. The van der Waals surface area contributed by atoms with E-state index < -0.39 is 0 Å². The van der Waals surface area contributed by atoms with Gasteiger partial charge in [-0.1, -0.05) is 17.7 Å². The van der Waals surface area contributed by atoms with Crippen LogP contribution in [0.5, 0.6) is 0 Å². The van der Waals surface area contributed by atoms with E-state index in [2.05, 4.69) is 15.4 Å². The van der Waals surface area contributed by atoms with Gasteiger partial charge in [0.1, 0.15) is 0 Å². The fourth-order valence-electron chi connectivity index (χ4n) is 2.82. The van der Waals surface area contributed by atoms with Crippen LogP contribution in [0.15, 0.2) is 48.7 Å². The molecule has 0 radical (unpaired) electrons. The summed E-state index contributed by atoms with van der Waals surface area (Å²) in [5.74, 6) is -0.198. The average Bonchev–Trinajstić information content (AvgIpc) is 3.16. The Kier molecular flexibility index (Phi) is 4.22. The number of thiazole rings is 1. The molecule has 2 aromatic heterocycles. The van der Waals surface area contributed by atoms with Gasteiger partial charge in [0.15, 0.2) is 0 Å². The summed E-state index contributed by atoms with van der Waals surface area (Å²) >= 11 is 7.65.